The van der Waals surface area contributed by atoms with Crippen LogP contribution in [0.25, 0.3) is 0 Å². The maximum atomic E-state index is 10.9. The lowest BCUT2D eigenvalue weighted by atomic mass is 10.2. The molecule has 6 heteroatoms. The largest absolute Gasteiger partial charge is 0.422 e. The van der Waals surface area contributed by atoms with Crippen LogP contribution in [-0.2, 0) is 19.1 Å². The van der Waals surface area contributed by atoms with E-state index in [4.69, 9.17) is 32.7 Å². The van der Waals surface area contributed by atoms with Crippen molar-refractivity contribution < 1.29 is 19.1 Å². The number of alkyl halides is 2. The van der Waals surface area contributed by atoms with E-state index in [1.54, 1.807) is 6.92 Å². The molecule has 0 heterocycles. The minimum atomic E-state index is -1.28. The Hall–Kier alpha value is -0.480. The molecular formula is C8H12Cl2O4. The van der Waals surface area contributed by atoms with Gasteiger partial charge in [-0.05, 0) is 0 Å². The van der Waals surface area contributed by atoms with Gasteiger partial charge in [0, 0.05) is 13.3 Å². The van der Waals surface area contributed by atoms with Crippen LogP contribution in [0, 0.1) is 0 Å². The summed E-state index contributed by atoms with van der Waals surface area (Å²) in [5.41, 5.74) is 0. The lowest BCUT2D eigenvalue weighted by Crippen LogP contribution is -2.37. The Morgan fingerprint density at radius 1 is 1.14 bits per heavy atom. The van der Waals surface area contributed by atoms with Gasteiger partial charge in [-0.15, -0.1) is 23.2 Å². The van der Waals surface area contributed by atoms with E-state index in [1.807, 2.05) is 0 Å². The van der Waals surface area contributed by atoms with E-state index in [0.717, 1.165) is 0 Å². The highest BCUT2D eigenvalue weighted by Crippen LogP contribution is 2.18. The summed E-state index contributed by atoms with van der Waals surface area (Å²) in [5, 5.41) is 0. The van der Waals surface area contributed by atoms with E-state index in [1.165, 1.54) is 6.92 Å². The molecule has 0 aromatic carbocycles. The molecule has 4 nitrogen and oxygen atoms in total. The smallest absolute Gasteiger partial charge is 0.324 e. The third-order valence-electron chi connectivity index (χ3n) is 1.52. The van der Waals surface area contributed by atoms with Crippen molar-refractivity contribution in [2.75, 3.05) is 11.8 Å². The zero-order chi connectivity index (χ0) is 11.2. The molecule has 0 spiro atoms. The molecule has 0 fully saturated rings. The number of halogens is 2. The van der Waals surface area contributed by atoms with Crippen LogP contribution in [0.5, 0.6) is 0 Å². The van der Waals surface area contributed by atoms with E-state index in [2.05, 4.69) is 0 Å². The monoisotopic (exact) mass is 242 g/mol. The lowest BCUT2D eigenvalue weighted by Gasteiger charge is -2.27. The standard InChI is InChI=1S/C8H12Cl2O4/c1-3-8(2,13-6(11)4-9)14-7(12)5-10/h3-5H2,1-2H3. The minimum absolute atomic E-state index is 0.284. The van der Waals surface area contributed by atoms with Crippen LogP contribution in [0.15, 0.2) is 0 Å². The van der Waals surface area contributed by atoms with Crippen molar-refractivity contribution in [2.45, 2.75) is 26.1 Å². The predicted molar refractivity (Wildman–Crippen MR) is 52.3 cm³/mol. The number of esters is 2. The molecule has 0 aliphatic rings. The first-order chi connectivity index (χ1) is 6.47. The molecule has 0 N–H and O–H groups in total. The summed E-state index contributed by atoms with van der Waals surface area (Å²) in [7, 11) is 0. The molecule has 14 heavy (non-hydrogen) atoms. The second-order valence-electron chi connectivity index (χ2n) is 2.70. The predicted octanol–water partition coefficient (Wildman–Crippen LogP) is 1.68. The van der Waals surface area contributed by atoms with E-state index in [-0.39, 0.29) is 11.8 Å². The maximum Gasteiger partial charge on any atom is 0.324 e. The van der Waals surface area contributed by atoms with Crippen molar-refractivity contribution >= 4 is 35.1 Å². The molecular weight excluding hydrogens is 231 g/mol. The number of carbonyl (C=O) groups is 2. The first-order valence-electron chi connectivity index (χ1n) is 4.03. The highest BCUT2D eigenvalue weighted by Gasteiger charge is 2.30. The van der Waals surface area contributed by atoms with Crippen molar-refractivity contribution in [2.24, 2.45) is 0 Å². The van der Waals surface area contributed by atoms with Crippen LogP contribution in [0.1, 0.15) is 20.3 Å². The molecule has 0 amide bonds. The third-order valence-corrected chi connectivity index (χ3v) is 1.96. The molecule has 0 aromatic rings. The summed E-state index contributed by atoms with van der Waals surface area (Å²) in [5.74, 6) is -3.13. The summed E-state index contributed by atoms with van der Waals surface area (Å²) in [6.45, 7) is 3.19. The second kappa shape index (κ2) is 6.09. The Kier molecular flexibility index (Phi) is 5.88. The highest BCUT2D eigenvalue weighted by molar-refractivity contribution is 6.26. The van der Waals surface area contributed by atoms with Gasteiger partial charge >= 0.3 is 11.9 Å². The van der Waals surface area contributed by atoms with E-state index >= 15 is 0 Å². The van der Waals surface area contributed by atoms with Gasteiger partial charge < -0.3 is 9.47 Å². The zero-order valence-electron chi connectivity index (χ0n) is 8.01. The fourth-order valence-electron chi connectivity index (χ4n) is 0.701. The first-order valence-corrected chi connectivity index (χ1v) is 5.10. The van der Waals surface area contributed by atoms with E-state index in [0.29, 0.717) is 6.42 Å². The van der Waals surface area contributed by atoms with Gasteiger partial charge in [-0.2, -0.15) is 0 Å². The maximum absolute atomic E-state index is 10.9. The summed E-state index contributed by atoms with van der Waals surface area (Å²) in [4.78, 5) is 21.8. The average molecular weight is 243 g/mol. The Morgan fingerprint density at radius 2 is 1.50 bits per heavy atom. The van der Waals surface area contributed by atoms with Gasteiger partial charge in [-0.1, -0.05) is 6.92 Å². The molecule has 0 rings (SSSR count). The highest BCUT2D eigenvalue weighted by atomic mass is 35.5. The Balaban J connectivity index is 4.31. The van der Waals surface area contributed by atoms with E-state index in [9.17, 15) is 9.59 Å². The molecule has 0 unspecified atom stereocenters. The molecule has 0 atom stereocenters. The summed E-state index contributed by atoms with van der Waals surface area (Å²) >= 11 is 10.5. The van der Waals surface area contributed by atoms with Crippen molar-refractivity contribution in [3.63, 3.8) is 0 Å². The average Bonchev–Trinajstić information content (AvgIpc) is 2.17. The molecule has 0 bridgehead atoms. The fourth-order valence-corrected chi connectivity index (χ4v) is 0.810. The topological polar surface area (TPSA) is 52.6 Å². The zero-order valence-corrected chi connectivity index (χ0v) is 9.52. The molecule has 0 saturated heterocycles. The van der Waals surface area contributed by atoms with Crippen LogP contribution in [0.3, 0.4) is 0 Å². The molecule has 0 aliphatic heterocycles. The molecule has 0 radical (unpaired) electrons. The van der Waals surface area contributed by atoms with Gasteiger partial charge in [0.1, 0.15) is 11.8 Å². The quantitative estimate of drug-likeness (QED) is 0.418. The van der Waals surface area contributed by atoms with Gasteiger partial charge in [0.25, 0.3) is 5.79 Å². The van der Waals surface area contributed by atoms with Crippen molar-refractivity contribution in [3.05, 3.63) is 0 Å². The van der Waals surface area contributed by atoms with Gasteiger partial charge in [-0.3, -0.25) is 9.59 Å². The Morgan fingerprint density at radius 3 is 1.71 bits per heavy atom. The van der Waals surface area contributed by atoms with Crippen LogP contribution < -0.4 is 0 Å². The number of ether oxygens (including phenoxy) is 2. The summed E-state index contributed by atoms with van der Waals surface area (Å²) in [6.07, 6.45) is 0.332. The fraction of sp³-hybridized carbons (Fsp3) is 0.750. The van der Waals surface area contributed by atoms with Crippen molar-refractivity contribution in [1.82, 2.24) is 0 Å². The lowest BCUT2D eigenvalue weighted by molar-refractivity contribution is -0.220. The molecule has 0 saturated carbocycles. The van der Waals surface area contributed by atoms with Gasteiger partial charge in [0.15, 0.2) is 0 Å². The van der Waals surface area contributed by atoms with Crippen LogP contribution >= 0.6 is 23.2 Å². The van der Waals surface area contributed by atoms with Crippen LogP contribution in [0.4, 0.5) is 0 Å². The van der Waals surface area contributed by atoms with E-state index < -0.39 is 17.7 Å². The Bertz CT molecular complexity index is 199. The molecule has 0 aliphatic carbocycles. The third kappa shape index (κ3) is 4.67. The number of hydrogen-bond acceptors (Lipinski definition) is 4. The van der Waals surface area contributed by atoms with Gasteiger partial charge in [0.05, 0.1) is 0 Å². The normalized spacial score (nSPS) is 10.9. The minimum Gasteiger partial charge on any atom is -0.422 e. The van der Waals surface area contributed by atoms with Gasteiger partial charge in [-0.25, -0.2) is 0 Å². The SMILES string of the molecule is CCC(C)(OC(=O)CCl)OC(=O)CCl. The number of hydrogen-bond donors (Lipinski definition) is 0. The van der Waals surface area contributed by atoms with Gasteiger partial charge in [0.2, 0.25) is 0 Å². The molecule has 82 valence electrons. The van der Waals surface area contributed by atoms with Crippen molar-refractivity contribution in [1.29, 1.82) is 0 Å². The van der Waals surface area contributed by atoms with Crippen LogP contribution in [-0.4, -0.2) is 29.5 Å². The summed E-state index contributed by atoms with van der Waals surface area (Å²) < 4.78 is 9.67. The number of rotatable bonds is 5. The Labute approximate surface area is 92.5 Å². The number of carbonyl (C=O) groups excluding carboxylic acids is 2. The molecule has 0 aromatic heterocycles. The van der Waals surface area contributed by atoms with Crippen LogP contribution in [0.2, 0.25) is 0 Å². The first kappa shape index (κ1) is 13.5. The second-order valence-corrected chi connectivity index (χ2v) is 3.24. The van der Waals surface area contributed by atoms with Crippen molar-refractivity contribution in [3.8, 4) is 0 Å². The summed E-state index contributed by atoms with van der Waals surface area (Å²) in [6, 6.07) is 0.